The first-order chi connectivity index (χ1) is 12.5. The van der Waals surface area contributed by atoms with Gasteiger partial charge < -0.3 is 15.3 Å². The highest BCUT2D eigenvalue weighted by molar-refractivity contribution is 5.94. The van der Waals surface area contributed by atoms with E-state index in [1.165, 1.54) is 18.5 Å². The van der Waals surface area contributed by atoms with Gasteiger partial charge in [-0.15, -0.1) is 5.10 Å². The Balaban J connectivity index is 1.97. The molecule has 0 radical (unpaired) electrons. The van der Waals surface area contributed by atoms with Crippen LogP contribution in [0.15, 0.2) is 55.0 Å². The Morgan fingerprint density at radius 2 is 2.00 bits per heavy atom. The second-order valence-electron chi connectivity index (χ2n) is 6.19. The Bertz CT molecular complexity index is 890. The first-order valence-corrected chi connectivity index (χ1v) is 8.27. The van der Waals surface area contributed by atoms with Gasteiger partial charge in [0.25, 0.3) is 0 Å². The Morgan fingerprint density at radius 1 is 1.23 bits per heavy atom. The van der Waals surface area contributed by atoms with Gasteiger partial charge in [-0.25, -0.2) is 9.48 Å². The van der Waals surface area contributed by atoms with Crippen LogP contribution in [0.1, 0.15) is 15.9 Å². The van der Waals surface area contributed by atoms with E-state index in [1.54, 1.807) is 4.68 Å². The summed E-state index contributed by atoms with van der Waals surface area (Å²) in [6.45, 7) is 0.855. The maximum absolute atomic E-state index is 11.4. The van der Waals surface area contributed by atoms with Crippen LogP contribution in [0.2, 0.25) is 0 Å². The van der Waals surface area contributed by atoms with E-state index < -0.39 is 5.97 Å². The number of rotatable bonds is 7. The minimum Gasteiger partial charge on any atom is -0.478 e. The van der Waals surface area contributed by atoms with Gasteiger partial charge in [-0.3, -0.25) is 4.98 Å². The van der Waals surface area contributed by atoms with Crippen LogP contribution in [-0.2, 0) is 6.42 Å². The molecule has 3 rings (SSSR count). The van der Waals surface area contributed by atoms with Crippen LogP contribution in [0.5, 0.6) is 0 Å². The average molecular weight is 351 g/mol. The quantitative estimate of drug-likeness (QED) is 0.681. The first-order valence-electron chi connectivity index (χ1n) is 8.27. The van der Waals surface area contributed by atoms with Gasteiger partial charge in [-0.1, -0.05) is 18.2 Å². The van der Waals surface area contributed by atoms with Gasteiger partial charge in [0.1, 0.15) is 0 Å². The van der Waals surface area contributed by atoms with E-state index in [0.29, 0.717) is 11.5 Å². The molecule has 134 valence electrons. The molecule has 0 atom stereocenters. The molecule has 0 aliphatic carbocycles. The van der Waals surface area contributed by atoms with Gasteiger partial charge in [0, 0.05) is 24.5 Å². The molecule has 1 aromatic carbocycles. The van der Waals surface area contributed by atoms with Crippen molar-refractivity contribution in [2.24, 2.45) is 0 Å². The second-order valence-corrected chi connectivity index (χ2v) is 6.19. The summed E-state index contributed by atoms with van der Waals surface area (Å²) in [6, 6.07) is 11.3. The maximum atomic E-state index is 11.4. The van der Waals surface area contributed by atoms with Crippen LogP contribution in [0, 0.1) is 0 Å². The third-order valence-electron chi connectivity index (χ3n) is 3.94. The Kier molecular flexibility index (Phi) is 5.28. The van der Waals surface area contributed by atoms with Crippen molar-refractivity contribution in [1.82, 2.24) is 19.7 Å². The largest absolute Gasteiger partial charge is 0.478 e. The van der Waals surface area contributed by atoms with Crippen molar-refractivity contribution in [1.29, 1.82) is 0 Å². The molecule has 26 heavy (non-hydrogen) atoms. The molecule has 7 nitrogen and oxygen atoms in total. The Labute approximate surface area is 151 Å². The molecule has 2 aromatic heterocycles. The maximum Gasteiger partial charge on any atom is 0.337 e. The number of pyridine rings is 1. The Morgan fingerprint density at radius 3 is 2.69 bits per heavy atom. The first kappa shape index (κ1) is 17.6. The van der Waals surface area contributed by atoms with Crippen LogP contribution in [0.3, 0.4) is 0 Å². The lowest BCUT2D eigenvalue weighted by atomic mass is 10.2. The van der Waals surface area contributed by atoms with Crippen LogP contribution in [0.4, 0.5) is 11.5 Å². The van der Waals surface area contributed by atoms with Gasteiger partial charge >= 0.3 is 5.97 Å². The minimum atomic E-state index is -1.01. The number of carboxylic acids is 1. The van der Waals surface area contributed by atoms with Crippen molar-refractivity contribution < 1.29 is 9.90 Å². The van der Waals surface area contributed by atoms with E-state index in [9.17, 15) is 9.90 Å². The van der Waals surface area contributed by atoms with Crippen molar-refractivity contribution in [3.8, 4) is 5.69 Å². The van der Waals surface area contributed by atoms with Crippen molar-refractivity contribution in [3.05, 3.63) is 66.1 Å². The highest BCUT2D eigenvalue weighted by atomic mass is 16.4. The smallest absolute Gasteiger partial charge is 0.337 e. The van der Waals surface area contributed by atoms with Crippen LogP contribution >= 0.6 is 0 Å². The number of hydrogen-bond acceptors (Lipinski definition) is 5. The molecule has 0 amide bonds. The van der Waals surface area contributed by atoms with Crippen molar-refractivity contribution in [2.75, 3.05) is 26.0 Å². The average Bonchev–Trinajstić information content (AvgIpc) is 3.04. The number of nitrogens with one attached hydrogen (secondary N) is 1. The monoisotopic (exact) mass is 351 g/mol. The summed E-state index contributed by atoms with van der Waals surface area (Å²) in [6.07, 6.45) is 5.72. The predicted molar refractivity (Wildman–Crippen MR) is 100 cm³/mol. The molecule has 0 bridgehead atoms. The minimum absolute atomic E-state index is 0.160. The number of carboxylic acid groups (broad SMARTS) is 1. The summed E-state index contributed by atoms with van der Waals surface area (Å²) in [5.74, 6) is -0.376. The zero-order valence-electron chi connectivity index (χ0n) is 14.8. The number of para-hydroxylation sites is 1. The molecule has 0 aliphatic rings. The fourth-order valence-electron chi connectivity index (χ4n) is 2.56. The van der Waals surface area contributed by atoms with Crippen molar-refractivity contribution in [3.63, 3.8) is 0 Å². The number of aromatic nitrogens is 3. The van der Waals surface area contributed by atoms with Gasteiger partial charge in [0.15, 0.2) is 5.82 Å². The summed E-state index contributed by atoms with van der Waals surface area (Å²) in [5, 5.41) is 17.1. The molecule has 3 aromatic rings. The zero-order valence-corrected chi connectivity index (χ0v) is 14.8. The number of carbonyl (C=O) groups is 1. The molecule has 0 fully saturated rings. The highest BCUT2D eigenvalue weighted by Gasteiger charge is 2.15. The lowest BCUT2D eigenvalue weighted by molar-refractivity contribution is 0.0698. The lowest BCUT2D eigenvalue weighted by Crippen LogP contribution is -2.15. The summed E-state index contributed by atoms with van der Waals surface area (Å²) < 4.78 is 1.80. The summed E-state index contributed by atoms with van der Waals surface area (Å²) in [7, 11) is 4.02. The highest BCUT2D eigenvalue weighted by Crippen LogP contribution is 2.24. The van der Waals surface area contributed by atoms with E-state index in [2.05, 4.69) is 20.3 Å². The second kappa shape index (κ2) is 7.79. The molecular formula is C19H21N5O2. The van der Waals surface area contributed by atoms with E-state index in [0.717, 1.165) is 24.2 Å². The summed E-state index contributed by atoms with van der Waals surface area (Å²) in [4.78, 5) is 17.6. The molecule has 7 heteroatoms. The van der Waals surface area contributed by atoms with E-state index in [1.807, 2.05) is 50.6 Å². The number of benzene rings is 1. The van der Waals surface area contributed by atoms with Gasteiger partial charge in [0.05, 0.1) is 23.1 Å². The molecule has 0 saturated heterocycles. The topological polar surface area (TPSA) is 83.3 Å². The van der Waals surface area contributed by atoms with Crippen LogP contribution in [-0.4, -0.2) is 51.4 Å². The third kappa shape index (κ3) is 4.07. The normalized spacial score (nSPS) is 10.9. The van der Waals surface area contributed by atoms with Gasteiger partial charge in [-0.05, 0) is 38.7 Å². The van der Waals surface area contributed by atoms with E-state index in [-0.39, 0.29) is 5.56 Å². The molecule has 2 N–H and O–H groups in total. The molecule has 0 spiro atoms. The van der Waals surface area contributed by atoms with Crippen molar-refractivity contribution >= 4 is 17.5 Å². The van der Waals surface area contributed by atoms with E-state index >= 15 is 0 Å². The molecule has 0 aliphatic heterocycles. The number of likely N-dealkylation sites (N-methyl/N-ethyl adjacent to an activating group) is 1. The fraction of sp³-hybridized carbons (Fsp3) is 0.211. The number of hydrogen-bond donors (Lipinski definition) is 2. The lowest BCUT2D eigenvalue weighted by Gasteiger charge is -2.10. The van der Waals surface area contributed by atoms with Crippen LogP contribution < -0.4 is 5.32 Å². The predicted octanol–water partition coefficient (Wildman–Crippen LogP) is 2.81. The van der Waals surface area contributed by atoms with E-state index in [4.69, 9.17) is 0 Å². The fourth-order valence-corrected chi connectivity index (χ4v) is 2.56. The molecule has 2 heterocycles. The number of anilines is 2. The number of nitrogens with zero attached hydrogens (tertiary/aromatic N) is 4. The SMILES string of the molecule is CN(C)CCc1cn(-c2ccccc2)nc1Nc1cnccc1C(=O)O. The molecular weight excluding hydrogens is 330 g/mol. The molecule has 0 unspecified atom stereocenters. The van der Waals surface area contributed by atoms with Gasteiger partial charge in [0.2, 0.25) is 0 Å². The van der Waals surface area contributed by atoms with Crippen molar-refractivity contribution in [2.45, 2.75) is 6.42 Å². The van der Waals surface area contributed by atoms with Crippen LogP contribution in [0.25, 0.3) is 5.69 Å². The third-order valence-corrected chi connectivity index (χ3v) is 3.94. The summed E-state index contributed by atoms with van der Waals surface area (Å²) in [5.41, 5.74) is 2.52. The standard InChI is InChI=1S/C19H21N5O2/c1-23(2)11-9-14-13-24(15-6-4-3-5-7-15)22-18(14)21-17-12-20-10-8-16(17)19(25)26/h3-8,10,12-13H,9,11H2,1-2H3,(H,21,22)(H,25,26). The zero-order chi connectivity index (χ0) is 18.5. The van der Waals surface area contributed by atoms with Gasteiger partial charge in [-0.2, -0.15) is 0 Å². The molecule has 0 saturated carbocycles. The summed E-state index contributed by atoms with van der Waals surface area (Å²) >= 11 is 0. The Hall–Kier alpha value is -3.19. The number of aromatic carboxylic acids is 1.